The lowest BCUT2D eigenvalue weighted by atomic mass is 9.86. The molecular formula is C19H21F5N4O. The number of hydrogen-bond donors (Lipinski definition) is 2. The van der Waals surface area contributed by atoms with Crippen LogP contribution in [0.25, 0.3) is 0 Å². The van der Waals surface area contributed by atoms with Crippen LogP contribution in [0, 0.1) is 5.41 Å². The normalized spacial score (nSPS) is 13.1. The number of nitrogens with zero attached hydrogens (tertiary/aromatic N) is 2. The van der Waals surface area contributed by atoms with E-state index in [0.29, 0.717) is 0 Å². The van der Waals surface area contributed by atoms with Crippen LogP contribution in [0.5, 0.6) is 0 Å². The third-order valence-electron chi connectivity index (χ3n) is 4.41. The van der Waals surface area contributed by atoms with Gasteiger partial charge >= 0.3 is 6.18 Å². The summed E-state index contributed by atoms with van der Waals surface area (Å²) in [6.07, 6.45) is -6.27. The highest BCUT2D eigenvalue weighted by atomic mass is 19.4. The first kappa shape index (κ1) is 22.5. The monoisotopic (exact) mass is 416 g/mol. The van der Waals surface area contributed by atoms with Crippen molar-refractivity contribution in [3.05, 3.63) is 47.2 Å². The Morgan fingerprint density at radius 3 is 2.31 bits per heavy atom. The van der Waals surface area contributed by atoms with E-state index in [4.69, 9.17) is 0 Å². The predicted molar refractivity (Wildman–Crippen MR) is 98.2 cm³/mol. The maximum atomic E-state index is 12.7. The maximum absolute atomic E-state index is 12.7. The van der Waals surface area contributed by atoms with Gasteiger partial charge in [0.05, 0.1) is 0 Å². The topological polar surface area (TPSA) is 70.1 Å². The van der Waals surface area contributed by atoms with Gasteiger partial charge in [-0.3, -0.25) is 9.89 Å². The molecule has 0 aliphatic carbocycles. The molecule has 158 valence electrons. The molecular weight excluding hydrogens is 395 g/mol. The molecule has 29 heavy (non-hydrogen) atoms. The molecule has 0 fully saturated rings. The number of carbonyl (C=O) groups excluding carboxylic acids is 1. The van der Waals surface area contributed by atoms with Gasteiger partial charge in [0.1, 0.15) is 11.5 Å². The number of aromatic nitrogens is 2. The van der Waals surface area contributed by atoms with Gasteiger partial charge < -0.3 is 5.32 Å². The van der Waals surface area contributed by atoms with Crippen molar-refractivity contribution in [2.75, 3.05) is 0 Å². The van der Waals surface area contributed by atoms with Gasteiger partial charge in [-0.25, -0.2) is 13.8 Å². The van der Waals surface area contributed by atoms with Crippen molar-refractivity contribution in [2.45, 2.75) is 46.2 Å². The zero-order valence-electron chi connectivity index (χ0n) is 16.1. The Balaban J connectivity index is 2.28. The number of amidine groups is 1. The second-order valence-corrected chi connectivity index (χ2v) is 7.27. The molecule has 5 nitrogen and oxygen atoms in total. The number of amides is 1. The minimum atomic E-state index is -4.60. The van der Waals surface area contributed by atoms with Crippen LogP contribution in [0.2, 0.25) is 0 Å². The van der Waals surface area contributed by atoms with E-state index in [1.54, 1.807) is 0 Å². The minimum Gasteiger partial charge on any atom is -0.310 e. The summed E-state index contributed by atoms with van der Waals surface area (Å²) in [6.45, 7) is 5.76. The van der Waals surface area contributed by atoms with E-state index in [-0.39, 0.29) is 34.6 Å². The zero-order chi connectivity index (χ0) is 21.8. The zero-order valence-corrected chi connectivity index (χ0v) is 16.1. The number of aliphatic imine (C=N–C) groups is 1. The quantitative estimate of drug-likeness (QED) is 0.363. The summed E-state index contributed by atoms with van der Waals surface area (Å²) < 4.78 is 63.5. The van der Waals surface area contributed by atoms with Crippen LogP contribution in [0.15, 0.2) is 35.3 Å². The van der Waals surface area contributed by atoms with E-state index < -0.39 is 24.2 Å². The summed E-state index contributed by atoms with van der Waals surface area (Å²) in [4.78, 5) is 16.5. The number of hydrogen-bond acceptors (Lipinski definition) is 3. The average Bonchev–Trinajstić information content (AvgIpc) is 3.10. The molecule has 1 aromatic heterocycles. The summed E-state index contributed by atoms with van der Waals surface area (Å²) in [6, 6.07) is 5.50. The van der Waals surface area contributed by atoms with Crippen molar-refractivity contribution in [1.82, 2.24) is 15.5 Å². The summed E-state index contributed by atoms with van der Waals surface area (Å²) >= 11 is 0. The fraction of sp³-hybridized carbons (Fsp3) is 0.421. The van der Waals surface area contributed by atoms with Gasteiger partial charge in [-0.1, -0.05) is 39.3 Å². The molecule has 1 amide bonds. The molecule has 0 saturated heterocycles. The van der Waals surface area contributed by atoms with Crippen LogP contribution in [0.4, 0.5) is 27.8 Å². The number of rotatable bonds is 6. The minimum absolute atomic E-state index is 0.120. The van der Waals surface area contributed by atoms with Crippen LogP contribution >= 0.6 is 0 Å². The Kier molecular flexibility index (Phi) is 6.76. The Bertz CT molecular complexity index is 869. The standard InChI is InChI=1S/C19H21F5N4O/c1-4-18(2,3)10-15(25-14-9-13(27-28-14)19(22,23)24)26-17(29)12-7-5-11(6-8-12)16(20)21/h5-9,16H,4,10H2,1-3H3,(H2,25,26,27,28,29). The number of alkyl halides is 5. The molecule has 0 spiro atoms. The molecule has 0 radical (unpaired) electrons. The number of carbonyl (C=O) groups is 1. The van der Waals surface area contributed by atoms with E-state index >= 15 is 0 Å². The molecule has 0 atom stereocenters. The van der Waals surface area contributed by atoms with Crippen molar-refractivity contribution < 1.29 is 26.7 Å². The first-order chi connectivity index (χ1) is 13.4. The molecule has 2 N–H and O–H groups in total. The van der Waals surface area contributed by atoms with Gasteiger partial charge in [0.15, 0.2) is 5.82 Å². The third-order valence-corrected chi connectivity index (χ3v) is 4.41. The summed E-state index contributed by atoms with van der Waals surface area (Å²) in [5, 5.41) is 7.94. The van der Waals surface area contributed by atoms with Crippen molar-refractivity contribution in [2.24, 2.45) is 10.4 Å². The number of nitrogens with one attached hydrogen (secondary N) is 2. The van der Waals surface area contributed by atoms with Crippen molar-refractivity contribution >= 4 is 17.6 Å². The molecule has 0 bridgehead atoms. The van der Waals surface area contributed by atoms with Crippen LogP contribution in [0.3, 0.4) is 0 Å². The molecule has 0 unspecified atom stereocenters. The molecule has 2 rings (SSSR count). The Hall–Kier alpha value is -2.78. The lowest BCUT2D eigenvalue weighted by molar-refractivity contribution is -0.141. The number of H-pyrrole nitrogens is 1. The van der Waals surface area contributed by atoms with E-state index in [0.717, 1.165) is 24.6 Å². The lowest BCUT2D eigenvalue weighted by Crippen LogP contribution is -2.33. The average molecular weight is 416 g/mol. The third kappa shape index (κ3) is 6.37. The highest BCUT2D eigenvalue weighted by Crippen LogP contribution is 2.30. The Morgan fingerprint density at radius 1 is 1.21 bits per heavy atom. The van der Waals surface area contributed by atoms with Gasteiger partial charge in [-0.15, -0.1) is 0 Å². The Morgan fingerprint density at radius 2 is 1.83 bits per heavy atom. The van der Waals surface area contributed by atoms with E-state index in [2.05, 4.69) is 15.4 Å². The molecule has 0 aliphatic heterocycles. The molecule has 1 aromatic carbocycles. The second kappa shape index (κ2) is 8.71. The number of halogens is 5. The molecule has 2 aromatic rings. The maximum Gasteiger partial charge on any atom is 0.432 e. The van der Waals surface area contributed by atoms with Crippen LogP contribution in [-0.4, -0.2) is 21.9 Å². The van der Waals surface area contributed by atoms with Gasteiger partial charge in [-0.05, 0) is 17.5 Å². The first-order valence-corrected chi connectivity index (χ1v) is 8.81. The molecule has 0 aliphatic rings. The van der Waals surface area contributed by atoms with E-state index in [1.165, 1.54) is 12.1 Å². The van der Waals surface area contributed by atoms with Gasteiger partial charge in [0.25, 0.3) is 12.3 Å². The van der Waals surface area contributed by atoms with Crippen LogP contribution in [0.1, 0.15) is 61.7 Å². The highest BCUT2D eigenvalue weighted by molar-refractivity contribution is 6.07. The predicted octanol–water partition coefficient (Wildman–Crippen LogP) is 5.65. The SMILES string of the molecule is CCC(C)(C)CC(=Nc1cc(C(F)(F)F)[nH]n1)NC(=O)c1ccc(C(F)F)cc1. The van der Waals surface area contributed by atoms with E-state index in [9.17, 15) is 26.7 Å². The fourth-order valence-electron chi connectivity index (χ4n) is 2.33. The van der Waals surface area contributed by atoms with Crippen LogP contribution < -0.4 is 5.32 Å². The van der Waals surface area contributed by atoms with Gasteiger partial charge in [0.2, 0.25) is 0 Å². The largest absolute Gasteiger partial charge is 0.432 e. The highest BCUT2D eigenvalue weighted by Gasteiger charge is 2.33. The van der Waals surface area contributed by atoms with Gasteiger partial charge in [0, 0.05) is 23.6 Å². The van der Waals surface area contributed by atoms with Gasteiger partial charge in [-0.2, -0.15) is 18.3 Å². The smallest absolute Gasteiger partial charge is 0.310 e. The van der Waals surface area contributed by atoms with Crippen molar-refractivity contribution in [3.63, 3.8) is 0 Å². The summed E-state index contributed by atoms with van der Waals surface area (Å²) in [7, 11) is 0. The Labute approximate surface area is 164 Å². The van der Waals surface area contributed by atoms with Crippen molar-refractivity contribution in [3.8, 4) is 0 Å². The number of aromatic amines is 1. The van der Waals surface area contributed by atoms with Crippen molar-refractivity contribution in [1.29, 1.82) is 0 Å². The number of benzene rings is 1. The molecule has 1 heterocycles. The fourth-order valence-corrected chi connectivity index (χ4v) is 2.33. The summed E-state index contributed by atoms with van der Waals surface area (Å²) in [5.74, 6) is -0.712. The lowest BCUT2D eigenvalue weighted by Gasteiger charge is -2.23. The molecule has 10 heteroatoms. The molecule has 0 saturated carbocycles. The first-order valence-electron chi connectivity index (χ1n) is 8.81. The summed E-state index contributed by atoms with van der Waals surface area (Å²) in [5.41, 5.74) is -1.46. The second-order valence-electron chi connectivity index (χ2n) is 7.27. The van der Waals surface area contributed by atoms with E-state index in [1.807, 2.05) is 25.9 Å². The van der Waals surface area contributed by atoms with Crippen LogP contribution in [-0.2, 0) is 6.18 Å².